The van der Waals surface area contributed by atoms with Crippen molar-refractivity contribution in [2.45, 2.75) is 6.18 Å². The minimum atomic E-state index is -4.57. The quantitative estimate of drug-likeness (QED) is 0.489. The summed E-state index contributed by atoms with van der Waals surface area (Å²) in [5.41, 5.74) is 0.130. The molecule has 8 heteroatoms. The average molecular weight is 397 g/mol. The fourth-order valence-corrected chi connectivity index (χ4v) is 3.27. The highest BCUT2D eigenvalue weighted by molar-refractivity contribution is 7.18. The first-order chi connectivity index (χ1) is 12.4. The van der Waals surface area contributed by atoms with Crippen LogP contribution >= 0.6 is 22.9 Å². The SMILES string of the molecule is COc1cccc(C=Nc2nc(C(F)(F)F)c(-c3ccc(Cl)cc3)s2)c1. The number of aliphatic imine (C=N–C) groups is 1. The number of hydrogen-bond donors (Lipinski definition) is 0. The zero-order valence-corrected chi connectivity index (χ0v) is 15.0. The lowest BCUT2D eigenvalue weighted by atomic mass is 10.1. The molecule has 0 N–H and O–H groups in total. The number of ether oxygens (including phenoxy) is 1. The molecule has 0 fully saturated rings. The summed E-state index contributed by atoms with van der Waals surface area (Å²) in [6.07, 6.45) is -3.12. The first-order valence-electron chi connectivity index (χ1n) is 7.39. The molecule has 26 heavy (non-hydrogen) atoms. The van der Waals surface area contributed by atoms with Gasteiger partial charge in [-0.25, -0.2) is 9.98 Å². The molecule has 0 aliphatic rings. The average Bonchev–Trinajstić information content (AvgIpc) is 3.05. The van der Waals surface area contributed by atoms with E-state index in [2.05, 4.69) is 9.98 Å². The van der Waals surface area contributed by atoms with E-state index in [1.807, 2.05) is 0 Å². The van der Waals surface area contributed by atoms with Crippen molar-refractivity contribution in [2.75, 3.05) is 7.11 Å². The van der Waals surface area contributed by atoms with Gasteiger partial charge in [0.1, 0.15) is 5.75 Å². The number of benzene rings is 2. The Bertz CT molecular complexity index is 936. The van der Waals surface area contributed by atoms with Crippen molar-refractivity contribution < 1.29 is 17.9 Å². The molecule has 0 amide bonds. The topological polar surface area (TPSA) is 34.5 Å². The first kappa shape index (κ1) is 18.4. The summed E-state index contributed by atoms with van der Waals surface area (Å²) in [4.78, 5) is 7.77. The van der Waals surface area contributed by atoms with Crippen LogP contribution < -0.4 is 4.74 Å². The molecule has 0 aliphatic carbocycles. The highest BCUT2D eigenvalue weighted by Crippen LogP contribution is 2.42. The van der Waals surface area contributed by atoms with Gasteiger partial charge in [0.25, 0.3) is 0 Å². The number of nitrogens with zero attached hydrogens (tertiary/aromatic N) is 2. The van der Waals surface area contributed by atoms with E-state index in [0.29, 0.717) is 21.9 Å². The Morgan fingerprint density at radius 1 is 1.15 bits per heavy atom. The zero-order valence-electron chi connectivity index (χ0n) is 13.4. The fraction of sp³-hybridized carbons (Fsp3) is 0.111. The number of hydrogen-bond acceptors (Lipinski definition) is 4. The van der Waals surface area contributed by atoms with E-state index in [-0.39, 0.29) is 10.0 Å². The smallest absolute Gasteiger partial charge is 0.434 e. The van der Waals surface area contributed by atoms with Gasteiger partial charge in [-0.3, -0.25) is 0 Å². The van der Waals surface area contributed by atoms with Crippen LogP contribution in [0.4, 0.5) is 18.3 Å². The highest BCUT2D eigenvalue weighted by Gasteiger charge is 2.37. The molecule has 0 saturated carbocycles. The Morgan fingerprint density at radius 3 is 2.54 bits per heavy atom. The van der Waals surface area contributed by atoms with Crippen LogP contribution in [0.2, 0.25) is 5.02 Å². The van der Waals surface area contributed by atoms with Gasteiger partial charge in [0.15, 0.2) is 5.69 Å². The van der Waals surface area contributed by atoms with Crippen molar-refractivity contribution in [1.29, 1.82) is 0 Å². The molecule has 1 aromatic heterocycles. The largest absolute Gasteiger partial charge is 0.497 e. The first-order valence-corrected chi connectivity index (χ1v) is 8.58. The summed E-state index contributed by atoms with van der Waals surface area (Å²) < 4.78 is 45.1. The second kappa shape index (κ2) is 7.47. The van der Waals surface area contributed by atoms with Crippen LogP contribution in [0.25, 0.3) is 10.4 Å². The van der Waals surface area contributed by atoms with Gasteiger partial charge in [-0.05, 0) is 35.4 Å². The van der Waals surface area contributed by atoms with E-state index in [9.17, 15) is 13.2 Å². The Balaban J connectivity index is 1.98. The molecule has 1 heterocycles. The number of halogens is 4. The molecule has 0 spiro atoms. The molecule has 0 saturated heterocycles. The van der Waals surface area contributed by atoms with Crippen LogP contribution in [0.15, 0.2) is 53.5 Å². The summed E-state index contributed by atoms with van der Waals surface area (Å²) in [6, 6.07) is 13.2. The second-order valence-corrected chi connectivity index (χ2v) is 6.63. The molecule has 0 aliphatic heterocycles. The molecule has 0 unspecified atom stereocenters. The van der Waals surface area contributed by atoms with Crippen molar-refractivity contribution in [2.24, 2.45) is 4.99 Å². The molecular formula is C18H12ClF3N2OS. The van der Waals surface area contributed by atoms with Gasteiger partial charge in [0, 0.05) is 11.2 Å². The number of methoxy groups -OCH3 is 1. The van der Waals surface area contributed by atoms with Crippen molar-refractivity contribution in [3.8, 4) is 16.2 Å². The van der Waals surface area contributed by atoms with Gasteiger partial charge < -0.3 is 4.74 Å². The Kier molecular flexibility index (Phi) is 5.29. The highest BCUT2D eigenvalue weighted by atomic mass is 35.5. The van der Waals surface area contributed by atoms with E-state index in [4.69, 9.17) is 16.3 Å². The second-order valence-electron chi connectivity index (χ2n) is 5.21. The normalized spacial score (nSPS) is 11.9. The van der Waals surface area contributed by atoms with Crippen LogP contribution in [-0.4, -0.2) is 18.3 Å². The zero-order chi connectivity index (χ0) is 18.7. The minimum Gasteiger partial charge on any atom is -0.497 e. The number of thiazole rings is 1. The van der Waals surface area contributed by atoms with Gasteiger partial charge in [0.05, 0.1) is 12.0 Å². The van der Waals surface area contributed by atoms with E-state index in [1.54, 1.807) is 24.3 Å². The third-order valence-electron chi connectivity index (χ3n) is 3.41. The van der Waals surface area contributed by atoms with Gasteiger partial charge >= 0.3 is 6.18 Å². The molecule has 0 atom stereocenters. The van der Waals surface area contributed by atoms with Crippen LogP contribution in [-0.2, 0) is 6.18 Å². The van der Waals surface area contributed by atoms with Gasteiger partial charge in [-0.2, -0.15) is 13.2 Å². The van der Waals surface area contributed by atoms with Crippen LogP contribution in [0, 0.1) is 0 Å². The summed E-state index contributed by atoms with van der Waals surface area (Å²) in [5.74, 6) is 0.630. The Hall–Kier alpha value is -2.38. The summed E-state index contributed by atoms with van der Waals surface area (Å²) >= 11 is 6.68. The van der Waals surface area contributed by atoms with Crippen molar-refractivity contribution >= 4 is 34.3 Å². The lowest BCUT2D eigenvalue weighted by Crippen LogP contribution is -2.06. The lowest BCUT2D eigenvalue weighted by Gasteiger charge is -2.05. The fourth-order valence-electron chi connectivity index (χ4n) is 2.20. The summed E-state index contributed by atoms with van der Waals surface area (Å²) in [7, 11) is 1.53. The van der Waals surface area contributed by atoms with Gasteiger partial charge in [-0.1, -0.05) is 47.2 Å². The number of rotatable bonds is 4. The number of alkyl halides is 3. The predicted molar refractivity (Wildman–Crippen MR) is 97.8 cm³/mol. The molecule has 3 nitrogen and oxygen atoms in total. The third-order valence-corrected chi connectivity index (χ3v) is 4.67. The molecule has 134 valence electrons. The lowest BCUT2D eigenvalue weighted by molar-refractivity contribution is -0.140. The maximum absolute atomic E-state index is 13.3. The van der Waals surface area contributed by atoms with E-state index in [1.165, 1.54) is 37.6 Å². The summed E-state index contributed by atoms with van der Waals surface area (Å²) in [6.45, 7) is 0. The Labute approximate surface area is 156 Å². The van der Waals surface area contributed by atoms with E-state index < -0.39 is 11.9 Å². The van der Waals surface area contributed by atoms with Crippen molar-refractivity contribution in [3.05, 3.63) is 64.8 Å². The van der Waals surface area contributed by atoms with Crippen LogP contribution in [0.3, 0.4) is 0 Å². The maximum atomic E-state index is 13.3. The van der Waals surface area contributed by atoms with Gasteiger partial charge in [-0.15, -0.1) is 0 Å². The van der Waals surface area contributed by atoms with Gasteiger partial charge in [0.2, 0.25) is 5.13 Å². The summed E-state index contributed by atoms with van der Waals surface area (Å²) in [5, 5.41) is 0.466. The molecule has 3 aromatic rings. The molecule has 0 radical (unpaired) electrons. The molecule has 0 bridgehead atoms. The maximum Gasteiger partial charge on any atom is 0.434 e. The standard InChI is InChI=1S/C18H12ClF3N2OS/c1-25-14-4-2-3-11(9-14)10-23-17-24-16(18(20,21)22)15(26-17)12-5-7-13(19)8-6-12/h2-10H,1H3. The predicted octanol–water partition coefficient (Wildman–Crippen LogP) is 6.24. The molecule has 3 rings (SSSR count). The number of aromatic nitrogens is 1. The van der Waals surface area contributed by atoms with Crippen molar-refractivity contribution in [3.63, 3.8) is 0 Å². The third kappa shape index (κ3) is 4.23. The minimum absolute atomic E-state index is 0.00644. The molecule has 2 aromatic carbocycles. The Morgan fingerprint density at radius 2 is 1.88 bits per heavy atom. The van der Waals surface area contributed by atoms with E-state index in [0.717, 1.165) is 11.3 Å². The van der Waals surface area contributed by atoms with Crippen LogP contribution in [0.1, 0.15) is 11.3 Å². The monoisotopic (exact) mass is 396 g/mol. The van der Waals surface area contributed by atoms with E-state index >= 15 is 0 Å². The van der Waals surface area contributed by atoms with Crippen molar-refractivity contribution in [1.82, 2.24) is 4.98 Å². The van der Waals surface area contributed by atoms with Crippen LogP contribution in [0.5, 0.6) is 5.75 Å². The molecular weight excluding hydrogens is 385 g/mol.